The molecular formula is C10H21ClN2O2. The number of nitrogens with one attached hydrogen (secondary N) is 2. The summed E-state index contributed by atoms with van der Waals surface area (Å²) in [5, 5.41) is 6.07. The smallest absolute Gasteiger partial charge is 0.222 e. The van der Waals surface area contributed by atoms with Crippen LogP contribution < -0.4 is 10.6 Å². The van der Waals surface area contributed by atoms with E-state index in [1.807, 2.05) is 13.8 Å². The maximum atomic E-state index is 11.3. The van der Waals surface area contributed by atoms with Crippen molar-refractivity contribution in [3.63, 3.8) is 0 Å². The summed E-state index contributed by atoms with van der Waals surface area (Å²) in [6.45, 7) is 7.32. The van der Waals surface area contributed by atoms with Gasteiger partial charge in [-0.1, -0.05) is 0 Å². The summed E-state index contributed by atoms with van der Waals surface area (Å²) in [6, 6.07) is 0. The zero-order valence-electron chi connectivity index (χ0n) is 9.41. The van der Waals surface area contributed by atoms with Gasteiger partial charge in [0.05, 0.1) is 12.7 Å². The van der Waals surface area contributed by atoms with E-state index < -0.39 is 0 Å². The fourth-order valence-corrected chi connectivity index (χ4v) is 1.23. The molecule has 0 aliphatic carbocycles. The third-order valence-electron chi connectivity index (χ3n) is 2.23. The molecule has 1 fully saturated rings. The summed E-state index contributed by atoms with van der Waals surface area (Å²) in [4.78, 5) is 11.3. The average molecular weight is 237 g/mol. The molecule has 0 atom stereocenters. The highest BCUT2D eigenvalue weighted by Gasteiger charge is 2.16. The number of hydrogen-bond acceptors (Lipinski definition) is 3. The molecule has 0 unspecified atom stereocenters. The van der Waals surface area contributed by atoms with E-state index in [2.05, 4.69) is 10.6 Å². The molecule has 1 amide bonds. The number of ether oxygens (including phenoxy) is 1. The maximum absolute atomic E-state index is 11.3. The molecule has 0 aromatic heterocycles. The molecule has 1 aliphatic heterocycles. The molecule has 4 nitrogen and oxygen atoms in total. The number of carbonyl (C=O) groups excluding carboxylic acids is 1. The van der Waals surface area contributed by atoms with Crippen molar-refractivity contribution in [1.29, 1.82) is 0 Å². The largest absolute Gasteiger partial charge is 0.378 e. The van der Waals surface area contributed by atoms with Crippen molar-refractivity contribution in [2.75, 3.05) is 26.2 Å². The Hall–Kier alpha value is -0.320. The Labute approximate surface area is 97.5 Å². The van der Waals surface area contributed by atoms with Crippen molar-refractivity contribution >= 4 is 18.3 Å². The van der Waals surface area contributed by atoms with Crippen LogP contribution in [0.15, 0.2) is 0 Å². The van der Waals surface area contributed by atoms with Crippen LogP contribution in [0.4, 0.5) is 0 Å². The summed E-state index contributed by atoms with van der Waals surface area (Å²) in [6.07, 6.45) is 0.678. The van der Waals surface area contributed by atoms with Crippen molar-refractivity contribution in [3.05, 3.63) is 0 Å². The molecule has 2 N–H and O–H groups in total. The van der Waals surface area contributed by atoms with Gasteiger partial charge in [0.2, 0.25) is 5.91 Å². The van der Waals surface area contributed by atoms with Gasteiger partial charge in [-0.15, -0.1) is 12.4 Å². The van der Waals surface area contributed by atoms with Crippen LogP contribution in [0.2, 0.25) is 0 Å². The van der Waals surface area contributed by atoms with Gasteiger partial charge in [-0.25, -0.2) is 0 Å². The van der Waals surface area contributed by atoms with Crippen LogP contribution in [0.5, 0.6) is 0 Å². The molecule has 5 heteroatoms. The lowest BCUT2D eigenvalue weighted by atomic mass is 10.0. The number of hydrogen-bond donors (Lipinski definition) is 2. The standard InChI is InChI=1S/C10H20N2O2.ClH/c1-8(2)14-4-3-10(13)12-7-9-5-11-6-9;/h8-9,11H,3-7H2,1-2H3,(H,12,13);1H. The predicted octanol–water partition coefficient (Wildman–Crippen LogP) is 0.559. The van der Waals surface area contributed by atoms with E-state index in [1.54, 1.807) is 0 Å². The maximum Gasteiger partial charge on any atom is 0.222 e. The first kappa shape index (κ1) is 14.7. The second-order valence-electron chi connectivity index (χ2n) is 4.00. The quantitative estimate of drug-likeness (QED) is 0.709. The fourth-order valence-electron chi connectivity index (χ4n) is 1.23. The second-order valence-corrected chi connectivity index (χ2v) is 4.00. The van der Waals surface area contributed by atoms with Crippen molar-refractivity contribution < 1.29 is 9.53 Å². The number of halogens is 1. The van der Waals surface area contributed by atoms with Gasteiger partial charge in [0.25, 0.3) is 0 Å². The van der Waals surface area contributed by atoms with Gasteiger partial charge in [-0.05, 0) is 13.8 Å². The molecule has 0 aromatic carbocycles. The zero-order valence-corrected chi connectivity index (χ0v) is 10.2. The van der Waals surface area contributed by atoms with Crippen molar-refractivity contribution in [3.8, 4) is 0 Å². The Morgan fingerprint density at radius 2 is 2.20 bits per heavy atom. The van der Waals surface area contributed by atoms with Gasteiger partial charge in [0, 0.05) is 32.0 Å². The monoisotopic (exact) mass is 236 g/mol. The Balaban J connectivity index is 0.00000196. The van der Waals surface area contributed by atoms with Gasteiger partial charge in [0.1, 0.15) is 0 Å². The van der Waals surface area contributed by atoms with Gasteiger partial charge in [0.15, 0.2) is 0 Å². The highest BCUT2D eigenvalue weighted by molar-refractivity contribution is 5.85. The Morgan fingerprint density at radius 3 is 2.67 bits per heavy atom. The SMILES string of the molecule is CC(C)OCCC(=O)NCC1CNC1.Cl. The van der Waals surface area contributed by atoms with Gasteiger partial charge < -0.3 is 15.4 Å². The second kappa shape index (κ2) is 7.91. The summed E-state index contributed by atoms with van der Waals surface area (Å²) in [5.74, 6) is 0.725. The molecule has 1 saturated heterocycles. The van der Waals surface area contributed by atoms with E-state index in [0.717, 1.165) is 19.6 Å². The normalized spacial score (nSPS) is 15.7. The highest BCUT2D eigenvalue weighted by atomic mass is 35.5. The van der Waals surface area contributed by atoms with Gasteiger partial charge in [-0.2, -0.15) is 0 Å². The van der Waals surface area contributed by atoms with E-state index in [9.17, 15) is 4.79 Å². The minimum Gasteiger partial charge on any atom is -0.378 e. The Bertz CT molecular complexity index is 184. The van der Waals surface area contributed by atoms with Crippen molar-refractivity contribution in [1.82, 2.24) is 10.6 Å². The Morgan fingerprint density at radius 1 is 1.53 bits per heavy atom. The van der Waals surface area contributed by atoms with E-state index in [4.69, 9.17) is 4.74 Å². The molecule has 15 heavy (non-hydrogen) atoms. The first-order valence-corrected chi connectivity index (χ1v) is 5.27. The van der Waals surface area contributed by atoms with Crippen molar-refractivity contribution in [2.24, 2.45) is 5.92 Å². The fraction of sp³-hybridized carbons (Fsp3) is 0.900. The summed E-state index contributed by atoms with van der Waals surface area (Å²) in [7, 11) is 0. The third kappa shape index (κ3) is 6.71. The van der Waals surface area contributed by atoms with Crippen LogP contribution in [-0.2, 0) is 9.53 Å². The third-order valence-corrected chi connectivity index (χ3v) is 2.23. The summed E-state index contributed by atoms with van der Waals surface area (Å²) >= 11 is 0. The Kier molecular flexibility index (Phi) is 7.74. The number of carbonyl (C=O) groups is 1. The van der Waals surface area contributed by atoms with E-state index in [0.29, 0.717) is 18.9 Å². The number of amides is 1. The summed E-state index contributed by atoms with van der Waals surface area (Å²) < 4.78 is 5.29. The minimum atomic E-state index is 0. The molecule has 1 aliphatic rings. The molecule has 0 bridgehead atoms. The molecule has 1 heterocycles. The first-order valence-electron chi connectivity index (χ1n) is 5.27. The van der Waals surface area contributed by atoms with E-state index >= 15 is 0 Å². The first-order chi connectivity index (χ1) is 6.68. The van der Waals surface area contributed by atoms with Crippen molar-refractivity contribution in [2.45, 2.75) is 26.4 Å². The van der Waals surface area contributed by atoms with Crippen LogP contribution >= 0.6 is 12.4 Å². The molecule has 0 radical (unpaired) electrons. The van der Waals surface area contributed by atoms with E-state index in [1.165, 1.54) is 0 Å². The van der Waals surface area contributed by atoms with E-state index in [-0.39, 0.29) is 24.4 Å². The molecule has 90 valence electrons. The lowest BCUT2D eigenvalue weighted by Crippen LogP contribution is -2.48. The van der Waals surface area contributed by atoms with Gasteiger partial charge >= 0.3 is 0 Å². The van der Waals surface area contributed by atoms with Crippen LogP contribution in [0, 0.1) is 5.92 Å². The van der Waals surface area contributed by atoms with Crippen LogP contribution in [0.25, 0.3) is 0 Å². The topological polar surface area (TPSA) is 50.4 Å². The zero-order chi connectivity index (χ0) is 10.4. The predicted molar refractivity (Wildman–Crippen MR) is 62.3 cm³/mol. The minimum absolute atomic E-state index is 0. The lowest BCUT2D eigenvalue weighted by molar-refractivity contribution is -0.122. The molecule has 0 spiro atoms. The molecule has 0 aromatic rings. The lowest BCUT2D eigenvalue weighted by Gasteiger charge is -2.27. The molecule has 1 rings (SSSR count). The molecule has 0 saturated carbocycles. The molecular weight excluding hydrogens is 216 g/mol. The van der Waals surface area contributed by atoms with Gasteiger partial charge in [-0.3, -0.25) is 4.79 Å². The van der Waals surface area contributed by atoms with Crippen LogP contribution in [-0.4, -0.2) is 38.3 Å². The highest BCUT2D eigenvalue weighted by Crippen LogP contribution is 2.00. The van der Waals surface area contributed by atoms with Crippen LogP contribution in [0.3, 0.4) is 0 Å². The van der Waals surface area contributed by atoms with Crippen LogP contribution in [0.1, 0.15) is 20.3 Å². The average Bonchev–Trinajstić information content (AvgIpc) is 2.00. The summed E-state index contributed by atoms with van der Waals surface area (Å²) in [5.41, 5.74) is 0. The number of rotatable bonds is 6.